The Morgan fingerprint density at radius 2 is 1.95 bits per heavy atom. The molecule has 0 bridgehead atoms. The van der Waals surface area contributed by atoms with Crippen molar-refractivity contribution >= 4 is 12.0 Å². The van der Waals surface area contributed by atoms with Crippen LogP contribution in [0.1, 0.15) is 12.5 Å². The highest BCUT2D eigenvalue weighted by atomic mass is 16.5. The molecular formula is C17H24N2O3. The first-order valence-corrected chi connectivity index (χ1v) is 7.60. The smallest absolute Gasteiger partial charge is 0.246 e. The van der Waals surface area contributed by atoms with Gasteiger partial charge in [-0.15, -0.1) is 0 Å². The van der Waals surface area contributed by atoms with Gasteiger partial charge >= 0.3 is 0 Å². The van der Waals surface area contributed by atoms with Crippen LogP contribution in [0.3, 0.4) is 0 Å². The lowest BCUT2D eigenvalue weighted by molar-refractivity contribution is -0.127. The van der Waals surface area contributed by atoms with Gasteiger partial charge in [0.1, 0.15) is 0 Å². The lowest BCUT2D eigenvalue weighted by atomic mass is 10.2. The van der Waals surface area contributed by atoms with E-state index in [2.05, 4.69) is 11.9 Å². The van der Waals surface area contributed by atoms with Gasteiger partial charge in [0, 0.05) is 32.3 Å². The third kappa shape index (κ3) is 4.24. The van der Waals surface area contributed by atoms with Crippen molar-refractivity contribution in [2.45, 2.75) is 6.92 Å². The molecule has 22 heavy (non-hydrogen) atoms. The lowest BCUT2D eigenvalue weighted by Gasteiger charge is -2.31. The van der Waals surface area contributed by atoms with E-state index in [0.717, 1.165) is 31.7 Å². The van der Waals surface area contributed by atoms with Gasteiger partial charge in [0.15, 0.2) is 11.5 Å². The number of piperazine rings is 1. The van der Waals surface area contributed by atoms with Crippen LogP contribution >= 0.6 is 0 Å². The Morgan fingerprint density at radius 3 is 2.59 bits per heavy atom. The van der Waals surface area contributed by atoms with E-state index in [9.17, 15) is 4.79 Å². The number of rotatable bonds is 5. The Morgan fingerprint density at radius 1 is 1.23 bits per heavy atom. The Hall–Kier alpha value is -2.01. The molecule has 0 radical (unpaired) electrons. The number of nitrogens with zero attached hydrogens (tertiary/aromatic N) is 2. The summed E-state index contributed by atoms with van der Waals surface area (Å²) in [5.74, 6) is 1.45. The Kier molecular flexibility index (Phi) is 5.83. The molecule has 1 amide bonds. The largest absolute Gasteiger partial charge is 0.493 e. The molecule has 1 aromatic rings. The van der Waals surface area contributed by atoms with Crippen molar-refractivity contribution in [1.29, 1.82) is 0 Å². The maximum atomic E-state index is 12.2. The average molecular weight is 304 g/mol. The number of hydrogen-bond donors (Lipinski definition) is 0. The van der Waals surface area contributed by atoms with Crippen LogP contribution in [0.5, 0.6) is 11.5 Å². The molecule has 2 rings (SSSR count). The minimum absolute atomic E-state index is 0.0573. The summed E-state index contributed by atoms with van der Waals surface area (Å²) >= 11 is 0. The fourth-order valence-electron chi connectivity index (χ4n) is 2.37. The summed E-state index contributed by atoms with van der Waals surface area (Å²) < 4.78 is 10.8. The third-order valence-corrected chi connectivity index (χ3v) is 3.72. The number of carbonyl (C=O) groups is 1. The second-order valence-corrected chi connectivity index (χ2v) is 5.31. The number of hydrogen-bond acceptors (Lipinski definition) is 4. The first-order valence-electron chi connectivity index (χ1n) is 7.60. The van der Waals surface area contributed by atoms with Crippen molar-refractivity contribution in [3.05, 3.63) is 29.8 Å². The number of methoxy groups -OCH3 is 1. The predicted octanol–water partition coefficient (Wildman–Crippen LogP) is 1.88. The Balaban J connectivity index is 2.03. The molecule has 1 saturated heterocycles. The van der Waals surface area contributed by atoms with Gasteiger partial charge in [-0.05, 0) is 37.7 Å². The Bertz CT molecular complexity index is 535. The molecule has 1 fully saturated rings. The second-order valence-electron chi connectivity index (χ2n) is 5.31. The van der Waals surface area contributed by atoms with Crippen molar-refractivity contribution in [1.82, 2.24) is 9.80 Å². The Labute approximate surface area is 132 Å². The van der Waals surface area contributed by atoms with E-state index in [1.807, 2.05) is 36.1 Å². The molecule has 1 aromatic carbocycles. The summed E-state index contributed by atoms with van der Waals surface area (Å²) in [7, 11) is 3.69. The van der Waals surface area contributed by atoms with E-state index in [1.165, 1.54) is 0 Å². The molecule has 0 atom stereocenters. The quantitative estimate of drug-likeness (QED) is 0.779. The second kappa shape index (κ2) is 7.84. The van der Waals surface area contributed by atoms with Crippen molar-refractivity contribution in [2.24, 2.45) is 0 Å². The molecule has 5 heteroatoms. The molecule has 120 valence electrons. The minimum Gasteiger partial charge on any atom is -0.493 e. The summed E-state index contributed by atoms with van der Waals surface area (Å²) in [5, 5.41) is 0. The average Bonchev–Trinajstić information content (AvgIpc) is 2.54. The predicted molar refractivity (Wildman–Crippen MR) is 87.3 cm³/mol. The monoisotopic (exact) mass is 304 g/mol. The number of carbonyl (C=O) groups excluding carboxylic acids is 1. The molecular weight excluding hydrogens is 280 g/mol. The van der Waals surface area contributed by atoms with Gasteiger partial charge in [0.25, 0.3) is 0 Å². The van der Waals surface area contributed by atoms with Gasteiger partial charge in [0.2, 0.25) is 5.91 Å². The fraction of sp³-hybridized carbons (Fsp3) is 0.471. The zero-order valence-electron chi connectivity index (χ0n) is 13.5. The highest BCUT2D eigenvalue weighted by Gasteiger charge is 2.16. The summed E-state index contributed by atoms with van der Waals surface area (Å²) in [5.41, 5.74) is 0.923. The van der Waals surface area contributed by atoms with Gasteiger partial charge in [-0.1, -0.05) is 6.07 Å². The third-order valence-electron chi connectivity index (χ3n) is 3.72. The van der Waals surface area contributed by atoms with Crippen molar-refractivity contribution in [2.75, 3.05) is 46.9 Å². The van der Waals surface area contributed by atoms with E-state index in [0.29, 0.717) is 18.1 Å². The standard InChI is InChI=1S/C17H24N2O3/c1-4-22-16-13-14(5-7-15(16)21-3)6-8-17(20)19-11-9-18(2)10-12-19/h5-8,13H,4,9-12H2,1-3H3. The highest BCUT2D eigenvalue weighted by molar-refractivity contribution is 5.92. The van der Waals surface area contributed by atoms with Crippen LogP contribution in [0.15, 0.2) is 24.3 Å². The number of benzene rings is 1. The highest BCUT2D eigenvalue weighted by Crippen LogP contribution is 2.28. The minimum atomic E-state index is 0.0573. The van der Waals surface area contributed by atoms with Crippen molar-refractivity contribution < 1.29 is 14.3 Å². The maximum Gasteiger partial charge on any atom is 0.246 e. The van der Waals surface area contributed by atoms with Crippen LogP contribution in [-0.2, 0) is 4.79 Å². The summed E-state index contributed by atoms with van der Waals surface area (Å²) in [6.45, 7) is 5.93. The fourth-order valence-corrected chi connectivity index (χ4v) is 2.37. The van der Waals surface area contributed by atoms with Crippen LogP contribution in [0.25, 0.3) is 6.08 Å². The van der Waals surface area contributed by atoms with Crippen LogP contribution in [0.4, 0.5) is 0 Å². The first kappa shape index (κ1) is 16.4. The van der Waals surface area contributed by atoms with Crippen molar-refractivity contribution in [3.8, 4) is 11.5 Å². The normalized spacial score (nSPS) is 16.0. The number of amides is 1. The molecule has 0 unspecified atom stereocenters. The zero-order valence-corrected chi connectivity index (χ0v) is 13.5. The summed E-state index contributed by atoms with van der Waals surface area (Å²) in [6, 6.07) is 5.65. The van der Waals surface area contributed by atoms with E-state index in [4.69, 9.17) is 9.47 Å². The van der Waals surface area contributed by atoms with Gasteiger partial charge in [0.05, 0.1) is 13.7 Å². The summed E-state index contributed by atoms with van der Waals surface area (Å²) in [6.07, 6.45) is 3.45. The van der Waals surface area contributed by atoms with Crippen molar-refractivity contribution in [3.63, 3.8) is 0 Å². The van der Waals surface area contributed by atoms with Crippen LogP contribution in [0, 0.1) is 0 Å². The molecule has 0 N–H and O–H groups in total. The molecule has 0 aromatic heterocycles. The van der Waals surface area contributed by atoms with E-state index in [1.54, 1.807) is 13.2 Å². The molecule has 5 nitrogen and oxygen atoms in total. The maximum absolute atomic E-state index is 12.2. The number of likely N-dealkylation sites (N-methyl/N-ethyl adjacent to an activating group) is 1. The van der Waals surface area contributed by atoms with Gasteiger partial charge < -0.3 is 19.3 Å². The molecule has 0 saturated carbocycles. The molecule has 1 heterocycles. The molecule has 0 aliphatic carbocycles. The summed E-state index contributed by atoms with van der Waals surface area (Å²) in [4.78, 5) is 16.3. The topological polar surface area (TPSA) is 42.0 Å². The van der Waals surface area contributed by atoms with E-state index in [-0.39, 0.29) is 5.91 Å². The van der Waals surface area contributed by atoms with Gasteiger partial charge in [-0.3, -0.25) is 4.79 Å². The molecule has 1 aliphatic rings. The number of ether oxygens (including phenoxy) is 2. The molecule has 0 spiro atoms. The van der Waals surface area contributed by atoms with E-state index < -0.39 is 0 Å². The van der Waals surface area contributed by atoms with Crippen LogP contribution < -0.4 is 9.47 Å². The van der Waals surface area contributed by atoms with Gasteiger partial charge in [-0.2, -0.15) is 0 Å². The van der Waals surface area contributed by atoms with Crippen LogP contribution in [0.2, 0.25) is 0 Å². The lowest BCUT2D eigenvalue weighted by Crippen LogP contribution is -2.46. The van der Waals surface area contributed by atoms with Gasteiger partial charge in [-0.25, -0.2) is 0 Å². The van der Waals surface area contributed by atoms with Crippen LogP contribution in [-0.4, -0.2) is 62.7 Å². The SMILES string of the molecule is CCOc1cc(C=CC(=O)N2CCN(C)CC2)ccc1OC. The molecule has 1 aliphatic heterocycles. The zero-order chi connectivity index (χ0) is 15.9. The van der Waals surface area contributed by atoms with E-state index >= 15 is 0 Å². The first-order chi connectivity index (χ1) is 10.6.